The maximum Gasteiger partial charge on any atom is 0.328 e. The third-order valence-corrected chi connectivity index (χ3v) is 3.08. The number of aryl methyl sites for hydroxylation is 1. The molecule has 0 radical (unpaired) electrons. The molecule has 1 aromatic heterocycles. The molecule has 1 aromatic carbocycles. The van der Waals surface area contributed by atoms with E-state index in [9.17, 15) is 14.0 Å². The summed E-state index contributed by atoms with van der Waals surface area (Å²) in [6.07, 6.45) is 1.41. The first-order chi connectivity index (χ1) is 9.38. The third kappa shape index (κ3) is 2.83. The van der Waals surface area contributed by atoms with Gasteiger partial charge in [0.25, 0.3) is 5.56 Å². The Morgan fingerprint density at radius 1 is 1.45 bits per heavy atom. The monoisotopic (exact) mass is 293 g/mol. The van der Waals surface area contributed by atoms with Crippen LogP contribution in [0.3, 0.4) is 0 Å². The highest BCUT2D eigenvalue weighted by atomic mass is 32.1. The highest BCUT2D eigenvalue weighted by molar-refractivity contribution is 7.80. The minimum absolute atomic E-state index is 0.0703. The first-order valence-electron chi connectivity index (χ1n) is 5.77. The first kappa shape index (κ1) is 14.1. The van der Waals surface area contributed by atoms with Gasteiger partial charge in [-0.15, -0.1) is 0 Å². The quantitative estimate of drug-likeness (QED) is 0.815. The predicted octanol–water partition coefficient (Wildman–Crippen LogP) is 0.667. The number of nitrogens with two attached hydrogens (primary N) is 1. The molecule has 0 fully saturated rings. The number of nitrogens with one attached hydrogen (secondary N) is 1. The molecule has 3 N–H and O–H groups in total. The maximum atomic E-state index is 13.3. The van der Waals surface area contributed by atoms with E-state index in [0.29, 0.717) is 16.7 Å². The Morgan fingerprint density at radius 3 is 2.80 bits per heavy atom. The lowest BCUT2D eigenvalue weighted by Gasteiger charge is -2.10. The molecule has 0 unspecified atom stereocenters. The molecule has 20 heavy (non-hydrogen) atoms. The van der Waals surface area contributed by atoms with Crippen molar-refractivity contribution in [2.45, 2.75) is 13.5 Å². The number of benzene rings is 1. The Bertz CT molecular complexity index is 795. The fraction of sp³-hybridized carbons (Fsp3) is 0.154. The van der Waals surface area contributed by atoms with Crippen LogP contribution in [0.4, 0.5) is 4.39 Å². The number of aromatic amines is 1. The van der Waals surface area contributed by atoms with Crippen molar-refractivity contribution in [3.05, 3.63) is 67.7 Å². The van der Waals surface area contributed by atoms with Gasteiger partial charge in [-0.3, -0.25) is 14.3 Å². The van der Waals surface area contributed by atoms with Crippen LogP contribution >= 0.6 is 12.2 Å². The molecule has 0 saturated carbocycles. The molecular weight excluding hydrogens is 281 g/mol. The molecule has 0 bridgehead atoms. The van der Waals surface area contributed by atoms with E-state index in [-0.39, 0.29) is 11.5 Å². The van der Waals surface area contributed by atoms with E-state index in [0.717, 1.165) is 0 Å². The van der Waals surface area contributed by atoms with Crippen LogP contribution < -0.4 is 17.0 Å². The zero-order valence-electron chi connectivity index (χ0n) is 10.6. The lowest BCUT2D eigenvalue weighted by molar-refractivity contribution is 0.621. The van der Waals surface area contributed by atoms with Crippen molar-refractivity contribution in [3.63, 3.8) is 0 Å². The Balaban J connectivity index is 2.52. The zero-order valence-corrected chi connectivity index (χ0v) is 11.5. The number of hydrogen-bond donors (Lipinski definition) is 2. The Labute approximate surface area is 118 Å². The van der Waals surface area contributed by atoms with Gasteiger partial charge in [-0.05, 0) is 30.7 Å². The Morgan fingerprint density at radius 2 is 2.15 bits per heavy atom. The molecular formula is C13H12FN3O2S. The predicted molar refractivity (Wildman–Crippen MR) is 77.4 cm³/mol. The van der Waals surface area contributed by atoms with Crippen LogP contribution in [0.2, 0.25) is 0 Å². The first-order valence-corrected chi connectivity index (χ1v) is 6.18. The second-order valence-corrected chi connectivity index (χ2v) is 4.80. The normalized spacial score (nSPS) is 10.5. The van der Waals surface area contributed by atoms with Gasteiger partial charge in [-0.1, -0.05) is 12.2 Å². The molecule has 0 amide bonds. The van der Waals surface area contributed by atoms with E-state index in [1.54, 1.807) is 6.92 Å². The van der Waals surface area contributed by atoms with Crippen molar-refractivity contribution in [3.8, 4) is 0 Å². The van der Waals surface area contributed by atoms with Crippen LogP contribution in [0.15, 0.2) is 34.0 Å². The summed E-state index contributed by atoms with van der Waals surface area (Å²) in [6, 6.07) is 3.98. The van der Waals surface area contributed by atoms with Gasteiger partial charge in [0.2, 0.25) is 0 Å². The van der Waals surface area contributed by atoms with Gasteiger partial charge in [0.05, 0.1) is 6.54 Å². The smallest absolute Gasteiger partial charge is 0.328 e. The van der Waals surface area contributed by atoms with Crippen LogP contribution in [-0.2, 0) is 6.54 Å². The van der Waals surface area contributed by atoms with Gasteiger partial charge in [0.1, 0.15) is 10.8 Å². The number of halogens is 1. The standard InChI is InChI=1S/C13H12FN3O2S/c1-7-5-17(13(19)16-12(7)18)6-8-4-9(14)2-3-10(8)11(15)20/h2-5H,6H2,1H3,(H2,15,20)(H,16,18,19). The summed E-state index contributed by atoms with van der Waals surface area (Å²) >= 11 is 4.90. The van der Waals surface area contributed by atoms with E-state index >= 15 is 0 Å². The minimum Gasteiger partial charge on any atom is -0.389 e. The molecule has 2 rings (SSSR count). The second-order valence-electron chi connectivity index (χ2n) is 4.37. The summed E-state index contributed by atoms with van der Waals surface area (Å²) < 4.78 is 14.6. The SMILES string of the molecule is Cc1cn(Cc2cc(F)ccc2C(N)=S)c(=O)[nH]c1=O. The summed E-state index contributed by atoms with van der Waals surface area (Å²) in [6.45, 7) is 1.65. The van der Waals surface area contributed by atoms with Gasteiger partial charge in [-0.25, -0.2) is 9.18 Å². The van der Waals surface area contributed by atoms with E-state index in [1.165, 1.54) is 29.0 Å². The number of rotatable bonds is 3. The zero-order chi connectivity index (χ0) is 14.9. The van der Waals surface area contributed by atoms with Crippen molar-refractivity contribution >= 4 is 17.2 Å². The number of hydrogen-bond acceptors (Lipinski definition) is 3. The van der Waals surface area contributed by atoms with E-state index < -0.39 is 17.1 Å². The molecule has 5 nitrogen and oxygen atoms in total. The minimum atomic E-state index is -0.571. The van der Waals surface area contributed by atoms with Crippen molar-refractivity contribution in [1.29, 1.82) is 0 Å². The van der Waals surface area contributed by atoms with Gasteiger partial charge in [0.15, 0.2) is 0 Å². The molecule has 0 aliphatic heterocycles. The number of aromatic nitrogens is 2. The van der Waals surface area contributed by atoms with E-state index in [4.69, 9.17) is 18.0 Å². The van der Waals surface area contributed by atoms with Crippen LogP contribution in [0, 0.1) is 12.7 Å². The average molecular weight is 293 g/mol. The lowest BCUT2D eigenvalue weighted by atomic mass is 10.1. The van der Waals surface area contributed by atoms with Gasteiger partial charge < -0.3 is 5.73 Å². The fourth-order valence-electron chi connectivity index (χ4n) is 1.85. The van der Waals surface area contributed by atoms with Crippen LogP contribution in [0.5, 0.6) is 0 Å². The molecule has 7 heteroatoms. The highest BCUT2D eigenvalue weighted by Crippen LogP contribution is 2.12. The topological polar surface area (TPSA) is 80.9 Å². The Kier molecular flexibility index (Phi) is 3.80. The molecule has 0 saturated heterocycles. The average Bonchev–Trinajstić information content (AvgIpc) is 2.35. The summed E-state index contributed by atoms with van der Waals surface area (Å²) in [7, 11) is 0. The van der Waals surface area contributed by atoms with Crippen LogP contribution in [-0.4, -0.2) is 14.5 Å². The molecule has 104 valence electrons. The molecule has 2 aromatic rings. The van der Waals surface area contributed by atoms with Gasteiger partial charge in [0, 0.05) is 17.3 Å². The van der Waals surface area contributed by atoms with Crippen LogP contribution in [0.1, 0.15) is 16.7 Å². The summed E-state index contributed by atoms with van der Waals surface area (Å²) in [5.41, 5.74) is 5.92. The van der Waals surface area contributed by atoms with Crippen molar-refractivity contribution < 1.29 is 4.39 Å². The summed E-state index contributed by atoms with van der Waals surface area (Å²) in [5.74, 6) is -0.450. The van der Waals surface area contributed by atoms with Crippen molar-refractivity contribution in [1.82, 2.24) is 9.55 Å². The lowest BCUT2D eigenvalue weighted by Crippen LogP contribution is -2.31. The molecule has 0 spiro atoms. The number of thiocarbonyl (C=S) groups is 1. The van der Waals surface area contributed by atoms with Crippen molar-refractivity contribution in [2.75, 3.05) is 0 Å². The van der Waals surface area contributed by atoms with E-state index in [2.05, 4.69) is 4.98 Å². The fourth-order valence-corrected chi connectivity index (χ4v) is 2.05. The Hall–Kier alpha value is -2.28. The van der Waals surface area contributed by atoms with Crippen molar-refractivity contribution in [2.24, 2.45) is 5.73 Å². The molecule has 1 heterocycles. The largest absolute Gasteiger partial charge is 0.389 e. The molecule has 0 aliphatic rings. The number of H-pyrrole nitrogens is 1. The van der Waals surface area contributed by atoms with Crippen LogP contribution in [0.25, 0.3) is 0 Å². The molecule has 0 atom stereocenters. The highest BCUT2D eigenvalue weighted by Gasteiger charge is 2.09. The van der Waals surface area contributed by atoms with E-state index in [1.807, 2.05) is 0 Å². The van der Waals surface area contributed by atoms with Gasteiger partial charge >= 0.3 is 5.69 Å². The summed E-state index contributed by atoms with van der Waals surface area (Å²) in [4.78, 5) is 25.3. The third-order valence-electron chi connectivity index (χ3n) is 2.86. The maximum absolute atomic E-state index is 13.3. The summed E-state index contributed by atoms with van der Waals surface area (Å²) in [5, 5.41) is 0. The number of nitrogens with zero attached hydrogens (tertiary/aromatic N) is 1. The van der Waals surface area contributed by atoms with Gasteiger partial charge in [-0.2, -0.15) is 0 Å². The molecule has 0 aliphatic carbocycles. The second kappa shape index (κ2) is 5.38.